The minimum atomic E-state index is -2.92. The van der Waals surface area contributed by atoms with Crippen LogP contribution < -0.4 is 14.8 Å². The van der Waals surface area contributed by atoms with Crippen molar-refractivity contribution in [1.29, 1.82) is 0 Å². The fourth-order valence-corrected chi connectivity index (χ4v) is 1.91. The standard InChI is InChI=1S/C17H15F2NO3/c1-22-15-9-5-3-7-13(15)20-16(21)11-10-12-6-2-4-8-14(12)23-17(18)19/h2-11,17H,1H3,(H,20,21)/b11-10+. The predicted molar refractivity (Wildman–Crippen MR) is 83.7 cm³/mol. The minimum absolute atomic E-state index is 0.00356. The van der Waals surface area contributed by atoms with Gasteiger partial charge in [0.05, 0.1) is 12.8 Å². The summed E-state index contributed by atoms with van der Waals surface area (Å²) in [5.74, 6) is 0.112. The van der Waals surface area contributed by atoms with Gasteiger partial charge in [0.25, 0.3) is 0 Å². The number of carbonyl (C=O) groups excluding carboxylic acids is 1. The fraction of sp³-hybridized carbons (Fsp3) is 0.118. The molecule has 0 fully saturated rings. The first-order chi connectivity index (χ1) is 11.1. The maximum atomic E-state index is 12.3. The smallest absolute Gasteiger partial charge is 0.387 e. The van der Waals surface area contributed by atoms with Crippen LogP contribution in [0.5, 0.6) is 11.5 Å². The number of amides is 1. The summed E-state index contributed by atoms with van der Waals surface area (Å²) in [5, 5.41) is 2.65. The quantitative estimate of drug-likeness (QED) is 0.820. The molecule has 0 aliphatic carbocycles. The van der Waals surface area contributed by atoms with Gasteiger partial charge in [0, 0.05) is 11.6 Å². The molecule has 1 amide bonds. The molecule has 1 N–H and O–H groups in total. The molecular formula is C17H15F2NO3. The van der Waals surface area contributed by atoms with Gasteiger partial charge in [-0.25, -0.2) is 0 Å². The first-order valence-electron chi connectivity index (χ1n) is 6.76. The normalized spacial score (nSPS) is 10.8. The van der Waals surface area contributed by atoms with Crippen molar-refractivity contribution in [2.24, 2.45) is 0 Å². The number of hydrogen-bond acceptors (Lipinski definition) is 3. The van der Waals surface area contributed by atoms with Gasteiger partial charge in [0.15, 0.2) is 0 Å². The molecule has 0 atom stereocenters. The topological polar surface area (TPSA) is 47.6 Å². The van der Waals surface area contributed by atoms with Crippen LogP contribution in [-0.4, -0.2) is 19.6 Å². The third kappa shape index (κ3) is 4.81. The van der Waals surface area contributed by atoms with Gasteiger partial charge in [0.2, 0.25) is 5.91 Å². The van der Waals surface area contributed by atoms with Gasteiger partial charge in [-0.3, -0.25) is 4.79 Å². The number of benzene rings is 2. The van der Waals surface area contributed by atoms with Crippen molar-refractivity contribution in [2.75, 3.05) is 12.4 Å². The van der Waals surface area contributed by atoms with E-state index in [1.165, 1.54) is 25.3 Å². The zero-order chi connectivity index (χ0) is 16.7. The Morgan fingerprint density at radius 1 is 1.09 bits per heavy atom. The van der Waals surface area contributed by atoms with E-state index in [0.29, 0.717) is 17.0 Å². The number of alkyl halides is 2. The Morgan fingerprint density at radius 2 is 1.74 bits per heavy atom. The van der Waals surface area contributed by atoms with E-state index in [9.17, 15) is 13.6 Å². The Balaban J connectivity index is 2.10. The Labute approximate surface area is 132 Å². The van der Waals surface area contributed by atoms with Gasteiger partial charge in [-0.1, -0.05) is 30.3 Å². The summed E-state index contributed by atoms with van der Waals surface area (Å²) < 4.78 is 34.2. The summed E-state index contributed by atoms with van der Waals surface area (Å²) in [6.07, 6.45) is 2.64. The van der Waals surface area contributed by atoms with Gasteiger partial charge >= 0.3 is 6.61 Å². The molecular weight excluding hydrogens is 304 g/mol. The predicted octanol–water partition coefficient (Wildman–Crippen LogP) is 3.95. The molecule has 2 aromatic carbocycles. The second-order valence-corrected chi connectivity index (χ2v) is 4.44. The maximum absolute atomic E-state index is 12.3. The third-order valence-corrected chi connectivity index (χ3v) is 2.91. The minimum Gasteiger partial charge on any atom is -0.495 e. The van der Waals surface area contributed by atoms with Crippen LogP contribution >= 0.6 is 0 Å². The molecule has 2 aromatic rings. The first-order valence-corrected chi connectivity index (χ1v) is 6.76. The lowest BCUT2D eigenvalue weighted by Crippen LogP contribution is -2.09. The summed E-state index contributed by atoms with van der Waals surface area (Å²) in [7, 11) is 1.50. The van der Waals surface area contributed by atoms with E-state index >= 15 is 0 Å². The van der Waals surface area contributed by atoms with Crippen molar-refractivity contribution in [1.82, 2.24) is 0 Å². The molecule has 23 heavy (non-hydrogen) atoms. The molecule has 4 nitrogen and oxygen atoms in total. The molecule has 6 heteroatoms. The summed E-state index contributed by atoms with van der Waals surface area (Å²) in [4.78, 5) is 11.9. The molecule has 120 valence electrons. The van der Waals surface area contributed by atoms with Crippen molar-refractivity contribution >= 4 is 17.7 Å². The number of halogens is 2. The van der Waals surface area contributed by atoms with E-state index < -0.39 is 12.5 Å². The highest BCUT2D eigenvalue weighted by molar-refractivity contribution is 6.02. The zero-order valence-electron chi connectivity index (χ0n) is 12.3. The van der Waals surface area contributed by atoms with Crippen molar-refractivity contribution in [3.8, 4) is 11.5 Å². The highest BCUT2D eigenvalue weighted by Gasteiger charge is 2.08. The Bertz CT molecular complexity index is 702. The third-order valence-electron chi connectivity index (χ3n) is 2.91. The Hall–Kier alpha value is -2.89. The van der Waals surface area contributed by atoms with E-state index in [4.69, 9.17) is 4.74 Å². The Kier molecular flexibility index (Phi) is 5.68. The summed E-state index contributed by atoms with van der Waals surface area (Å²) in [6, 6.07) is 13.2. The Morgan fingerprint density at radius 3 is 2.43 bits per heavy atom. The number of hydrogen-bond donors (Lipinski definition) is 1. The number of anilines is 1. The highest BCUT2D eigenvalue weighted by Crippen LogP contribution is 2.24. The number of carbonyl (C=O) groups is 1. The molecule has 0 radical (unpaired) electrons. The average Bonchev–Trinajstić information content (AvgIpc) is 2.54. The summed E-state index contributed by atoms with van der Waals surface area (Å²) >= 11 is 0. The van der Waals surface area contributed by atoms with Crippen LogP contribution in [-0.2, 0) is 4.79 Å². The van der Waals surface area contributed by atoms with Crippen LogP contribution in [0.1, 0.15) is 5.56 Å². The van der Waals surface area contributed by atoms with Crippen LogP contribution in [0.25, 0.3) is 6.08 Å². The van der Waals surface area contributed by atoms with E-state index in [1.54, 1.807) is 42.5 Å². The van der Waals surface area contributed by atoms with Gasteiger partial charge in [0.1, 0.15) is 11.5 Å². The van der Waals surface area contributed by atoms with Gasteiger partial charge in [-0.2, -0.15) is 8.78 Å². The van der Waals surface area contributed by atoms with Crippen molar-refractivity contribution < 1.29 is 23.0 Å². The second-order valence-electron chi connectivity index (χ2n) is 4.44. The number of ether oxygens (including phenoxy) is 2. The number of methoxy groups -OCH3 is 1. The van der Waals surface area contributed by atoms with Gasteiger partial charge in [-0.05, 0) is 24.3 Å². The monoisotopic (exact) mass is 319 g/mol. The summed E-state index contributed by atoms with van der Waals surface area (Å²) in [6.45, 7) is -2.92. The zero-order valence-corrected chi connectivity index (χ0v) is 12.3. The fourth-order valence-electron chi connectivity index (χ4n) is 1.91. The van der Waals surface area contributed by atoms with Crippen molar-refractivity contribution in [2.45, 2.75) is 6.61 Å². The molecule has 0 aliphatic heterocycles. The first kappa shape index (κ1) is 16.5. The lowest BCUT2D eigenvalue weighted by Gasteiger charge is -2.08. The van der Waals surface area contributed by atoms with Crippen LogP contribution in [0.2, 0.25) is 0 Å². The van der Waals surface area contributed by atoms with E-state index in [-0.39, 0.29) is 5.75 Å². The largest absolute Gasteiger partial charge is 0.495 e. The number of rotatable bonds is 6. The second kappa shape index (κ2) is 7.93. The summed E-state index contributed by atoms with van der Waals surface area (Å²) in [5.41, 5.74) is 0.893. The van der Waals surface area contributed by atoms with Crippen LogP contribution in [0, 0.1) is 0 Å². The molecule has 0 bridgehead atoms. The molecule has 2 rings (SSSR count). The van der Waals surface area contributed by atoms with Crippen LogP contribution in [0.4, 0.5) is 14.5 Å². The molecule has 0 heterocycles. The van der Waals surface area contributed by atoms with Gasteiger partial charge in [-0.15, -0.1) is 0 Å². The van der Waals surface area contributed by atoms with E-state index in [0.717, 1.165) is 0 Å². The van der Waals surface area contributed by atoms with Crippen LogP contribution in [0.15, 0.2) is 54.6 Å². The SMILES string of the molecule is COc1ccccc1NC(=O)/C=C/c1ccccc1OC(F)F. The number of nitrogens with one attached hydrogen (secondary N) is 1. The van der Waals surface area contributed by atoms with Crippen molar-refractivity contribution in [3.05, 3.63) is 60.2 Å². The molecule has 0 aromatic heterocycles. The molecule has 0 spiro atoms. The van der Waals surface area contributed by atoms with E-state index in [1.807, 2.05) is 0 Å². The van der Waals surface area contributed by atoms with Crippen molar-refractivity contribution in [3.63, 3.8) is 0 Å². The molecule has 0 saturated carbocycles. The number of para-hydroxylation sites is 3. The average molecular weight is 319 g/mol. The highest BCUT2D eigenvalue weighted by atomic mass is 19.3. The lowest BCUT2D eigenvalue weighted by atomic mass is 10.2. The molecule has 0 unspecified atom stereocenters. The van der Waals surface area contributed by atoms with Crippen LogP contribution in [0.3, 0.4) is 0 Å². The van der Waals surface area contributed by atoms with Gasteiger partial charge < -0.3 is 14.8 Å². The lowest BCUT2D eigenvalue weighted by molar-refractivity contribution is -0.111. The molecule has 0 aliphatic rings. The molecule has 0 saturated heterocycles. The maximum Gasteiger partial charge on any atom is 0.387 e. The van der Waals surface area contributed by atoms with E-state index in [2.05, 4.69) is 10.1 Å².